The Bertz CT molecular complexity index is 538. The summed E-state index contributed by atoms with van der Waals surface area (Å²) in [6.45, 7) is 5.29. The van der Waals surface area contributed by atoms with E-state index in [9.17, 15) is 0 Å². The van der Waals surface area contributed by atoms with Crippen molar-refractivity contribution in [3.63, 3.8) is 0 Å². The molecule has 3 rings (SSSR count). The molecule has 104 valence electrons. The van der Waals surface area contributed by atoms with E-state index >= 15 is 0 Å². The van der Waals surface area contributed by atoms with Crippen molar-refractivity contribution < 1.29 is 0 Å². The van der Waals surface area contributed by atoms with Crippen LogP contribution < -0.4 is 10.2 Å². The monoisotopic (exact) mass is 268 g/mol. The van der Waals surface area contributed by atoms with Gasteiger partial charge in [-0.2, -0.15) is 0 Å². The summed E-state index contributed by atoms with van der Waals surface area (Å²) in [5.74, 6) is 1.38. The second-order valence-electron chi connectivity index (χ2n) is 5.39. The van der Waals surface area contributed by atoms with Gasteiger partial charge in [-0.05, 0) is 37.5 Å². The highest BCUT2D eigenvalue weighted by Crippen LogP contribution is 2.24. The zero-order valence-electron chi connectivity index (χ0n) is 11.8. The maximum atomic E-state index is 4.19. The number of benzene rings is 1. The van der Waals surface area contributed by atoms with Crippen molar-refractivity contribution in [3.05, 3.63) is 48.3 Å². The molecule has 20 heavy (non-hydrogen) atoms. The molecular formula is C16H20N4. The molecule has 1 fully saturated rings. The average Bonchev–Trinajstić information content (AvgIpc) is 2.96. The lowest BCUT2D eigenvalue weighted by atomic mass is 10.1. The van der Waals surface area contributed by atoms with E-state index in [4.69, 9.17) is 0 Å². The van der Waals surface area contributed by atoms with Crippen LogP contribution in [0.5, 0.6) is 0 Å². The van der Waals surface area contributed by atoms with E-state index in [1.165, 1.54) is 17.7 Å². The van der Waals surface area contributed by atoms with Crippen molar-refractivity contribution in [3.8, 4) is 0 Å². The first kappa shape index (κ1) is 12.9. The molecule has 2 aromatic rings. The maximum Gasteiger partial charge on any atom is 0.222 e. The second-order valence-corrected chi connectivity index (χ2v) is 5.39. The third-order valence-electron chi connectivity index (χ3n) is 3.80. The Morgan fingerprint density at radius 2 is 1.95 bits per heavy atom. The normalized spacial score (nSPS) is 18.2. The maximum absolute atomic E-state index is 4.19. The van der Waals surface area contributed by atoms with Crippen LogP contribution >= 0.6 is 0 Å². The molecule has 1 N–H and O–H groups in total. The van der Waals surface area contributed by atoms with Crippen LogP contribution in [0.4, 0.5) is 11.6 Å². The highest BCUT2D eigenvalue weighted by Gasteiger charge is 2.22. The fourth-order valence-electron chi connectivity index (χ4n) is 2.62. The standard InChI is InChI=1S/C16H20N4/c1-13-3-5-15(6-4-13)20-10-7-14(12-20)11-19-16-17-8-2-9-18-16/h2-6,8-9,14H,7,10-12H2,1H3,(H,17,18,19)/t14-/m1/s1. The van der Waals surface area contributed by atoms with Gasteiger partial charge in [0.2, 0.25) is 5.95 Å². The topological polar surface area (TPSA) is 41.0 Å². The van der Waals surface area contributed by atoms with E-state index in [1.54, 1.807) is 12.4 Å². The largest absolute Gasteiger partial charge is 0.371 e. The quantitative estimate of drug-likeness (QED) is 0.925. The minimum absolute atomic E-state index is 0.653. The van der Waals surface area contributed by atoms with Gasteiger partial charge in [-0.3, -0.25) is 0 Å². The first-order valence-electron chi connectivity index (χ1n) is 7.14. The van der Waals surface area contributed by atoms with Crippen LogP contribution in [0.25, 0.3) is 0 Å². The number of nitrogens with zero attached hydrogens (tertiary/aromatic N) is 3. The molecule has 1 aliphatic rings. The number of hydrogen-bond donors (Lipinski definition) is 1. The molecule has 1 atom stereocenters. The van der Waals surface area contributed by atoms with E-state index in [1.807, 2.05) is 6.07 Å². The van der Waals surface area contributed by atoms with Crippen molar-refractivity contribution in [1.82, 2.24) is 9.97 Å². The van der Waals surface area contributed by atoms with E-state index in [2.05, 4.69) is 51.4 Å². The summed E-state index contributed by atoms with van der Waals surface area (Å²) >= 11 is 0. The lowest BCUT2D eigenvalue weighted by Crippen LogP contribution is -2.22. The molecule has 0 radical (unpaired) electrons. The van der Waals surface area contributed by atoms with Crippen LogP contribution in [-0.2, 0) is 0 Å². The zero-order valence-corrected chi connectivity index (χ0v) is 11.8. The molecule has 4 nitrogen and oxygen atoms in total. The van der Waals surface area contributed by atoms with Gasteiger partial charge in [0.15, 0.2) is 0 Å². The van der Waals surface area contributed by atoms with Crippen LogP contribution in [0, 0.1) is 12.8 Å². The predicted octanol–water partition coefficient (Wildman–Crippen LogP) is 2.72. The van der Waals surface area contributed by atoms with E-state index in [0.717, 1.165) is 25.6 Å². The van der Waals surface area contributed by atoms with Gasteiger partial charge in [0.25, 0.3) is 0 Å². The van der Waals surface area contributed by atoms with E-state index in [0.29, 0.717) is 5.92 Å². The van der Waals surface area contributed by atoms with Crippen molar-refractivity contribution in [2.24, 2.45) is 5.92 Å². The van der Waals surface area contributed by atoms with Crippen LogP contribution in [-0.4, -0.2) is 29.6 Å². The number of rotatable bonds is 4. The van der Waals surface area contributed by atoms with Crippen molar-refractivity contribution in [2.75, 3.05) is 29.9 Å². The molecule has 1 aromatic heterocycles. The van der Waals surface area contributed by atoms with Crippen molar-refractivity contribution >= 4 is 11.6 Å². The SMILES string of the molecule is Cc1ccc(N2CC[C@H](CNc3ncccn3)C2)cc1. The Kier molecular flexibility index (Phi) is 3.81. The van der Waals surface area contributed by atoms with Crippen LogP contribution in [0.1, 0.15) is 12.0 Å². The Morgan fingerprint density at radius 1 is 1.20 bits per heavy atom. The summed E-state index contributed by atoms with van der Waals surface area (Å²) in [4.78, 5) is 10.8. The molecule has 0 unspecified atom stereocenters. The summed E-state index contributed by atoms with van der Waals surface area (Å²) in [7, 11) is 0. The van der Waals surface area contributed by atoms with Gasteiger partial charge in [-0.1, -0.05) is 17.7 Å². The summed E-state index contributed by atoms with van der Waals surface area (Å²) in [6, 6.07) is 10.6. The third kappa shape index (κ3) is 3.07. The lowest BCUT2D eigenvalue weighted by molar-refractivity contribution is 0.619. The first-order valence-corrected chi connectivity index (χ1v) is 7.14. The summed E-state index contributed by atoms with van der Waals surface area (Å²) in [5.41, 5.74) is 2.64. The van der Waals surface area contributed by atoms with Gasteiger partial charge >= 0.3 is 0 Å². The minimum Gasteiger partial charge on any atom is -0.371 e. The first-order chi connectivity index (χ1) is 9.81. The number of hydrogen-bond acceptors (Lipinski definition) is 4. The van der Waals surface area contributed by atoms with Gasteiger partial charge in [0, 0.05) is 37.7 Å². The molecule has 0 saturated carbocycles. The van der Waals surface area contributed by atoms with Crippen LogP contribution in [0.2, 0.25) is 0 Å². The molecule has 0 bridgehead atoms. The predicted molar refractivity (Wildman–Crippen MR) is 82.0 cm³/mol. The number of anilines is 2. The molecule has 0 amide bonds. The lowest BCUT2D eigenvalue weighted by Gasteiger charge is -2.19. The number of nitrogens with one attached hydrogen (secondary N) is 1. The molecule has 0 aliphatic carbocycles. The summed E-state index contributed by atoms with van der Waals surface area (Å²) in [5, 5.41) is 3.32. The van der Waals surface area contributed by atoms with Gasteiger partial charge in [0.05, 0.1) is 0 Å². The highest BCUT2D eigenvalue weighted by atomic mass is 15.2. The molecule has 1 saturated heterocycles. The van der Waals surface area contributed by atoms with E-state index < -0.39 is 0 Å². The third-order valence-corrected chi connectivity index (χ3v) is 3.80. The van der Waals surface area contributed by atoms with E-state index in [-0.39, 0.29) is 0 Å². The van der Waals surface area contributed by atoms with Gasteiger partial charge in [0.1, 0.15) is 0 Å². The zero-order chi connectivity index (χ0) is 13.8. The minimum atomic E-state index is 0.653. The number of aryl methyl sites for hydroxylation is 1. The Balaban J connectivity index is 1.53. The fourth-order valence-corrected chi connectivity index (χ4v) is 2.62. The Morgan fingerprint density at radius 3 is 2.70 bits per heavy atom. The van der Waals surface area contributed by atoms with Gasteiger partial charge in [-0.25, -0.2) is 9.97 Å². The molecule has 1 aliphatic heterocycles. The van der Waals surface area contributed by atoms with Gasteiger partial charge < -0.3 is 10.2 Å². The van der Waals surface area contributed by atoms with Crippen LogP contribution in [0.3, 0.4) is 0 Å². The smallest absolute Gasteiger partial charge is 0.222 e. The van der Waals surface area contributed by atoms with Crippen molar-refractivity contribution in [2.45, 2.75) is 13.3 Å². The second kappa shape index (κ2) is 5.90. The summed E-state index contributed by atoms with van der Waals surface area (Å²) in [6.07, 6.45) is 4.75. The van der Waals surface area contributed by atoms with Crippen molar-refractivity contribution in [1.29, 1.82) is 0 Å². The summed E-state index contributed by atoms with van der Waals surface area (Å²) < 4.78 is 0. The van der Waals surface area contributed by atoms with Gasteiger partial charge in [-0.15, -0.1) is 0 Å². The molecule has 2 heterocycles. The highest BCUT2D eigenvalue weighted by molar-refractivity contribution is 5.48. The molecule has 1 aromatic carbocycles. The molecule has 4 heteroatoms. The Hall–Kier alpha value is -2.10. The number of aromatic nitrogens is 2. The Labute approximate surface area is 119 Å². The fraction of sp³-hybridized carbons (Fsp3) is 0.375. The molecule has 0 spiro atoms. The molecular weight excluding hydrogens is 248 g/mol. The van der Waals surface area contributed by atoms with Crippen LogP contribution in [0.15, 0.2) is 42.7 Å². The average molecular weight is 268 g/mol.